The Labute approximate surface area is 76.9 Å². The van der Waals surface area contributed by atoms with Crippen LogP contribution in [0.4, 0.5) is 0 Å². The van der Waals surface area contributed by atoms with E-state index in [-0.39, 0.29) is 0 Å². The molecule has 0 aromatic heterocycles. The Balaban J connectivity index is 2.86. The van der Waals surface area contributed by atoms with Gasteiger partial charge < -0.3 is 0 Å². The summed E-state index contributed by atoms with van der Waals surface area (Å²) in [6.07, 6.45) is 2.88. The van der Waals surface area contributed by atoms with E-state index in [1.54, 1.807) is 18.2 Å². The summed E-state index contributed by atoms with van der Waals surface area (Å²) in [6.45, 7) is 3.61. The number of rotatable bonds is 4. The third-order valence-corrected chi connectivity index (χ3v) is 1.73. The number of allylic oxidation sites excluding steroid dienone is 1. The van der Waals surface area contributed by atoms with E-state index in [0.717, 1.165) is 12.0 Å². The highest BCUT2D eigenvalue weighted by Crippen LogP contribution is 2.05. The number of benzene rings is 1. The second-order valence-electron chi connectivity index (χ2n) is 2.67. The van der Waals surface area contributed by atoms with Crippen molar-refractivity contribution in [2.24, 2.45) is 0 Å². The number of hydrogen-bond donors (Lipinski definition) is 0. The number of carbonyl (C=O) groups excluding carboxylic acids is 2. The summed E-state index contributed by atoms with van der Waals surface area (Å²) in [5, 5.41) is 0. The predicted octanol–water partition coefficient (Wildman–Crippen LogP) is 1.80. The van der Waals surface area contributed by atoms with Crippen LogP contribution in [0.1, 0.15) is 15.9 Å². The molecule has 0 unspecified atom stereocenters. The first-order valence-corrected chi connectivity index (χ1v) is 3.97. The molecule has 0 atom stereocenters. The highest BCUT2D eigenvalue weighted by molar-refractivity contribution is 6.33. The van der Waals surface area contributed by atoms with E-state index < -0.39 is 5.78 Å². The Morgan fingerprint density at radius 3 is 2.38 bits per heavy atom. The van der Waals surface area contributed by atoms with Gasteiger partial charge in [-0.3, -0.25) is 9.59 Å². The Hall–Kier alpha value is -1.70. The van der Waals surface area contributed by atoms with Crippen LogP contribution in [-0.2, 0) is 11.2 Å². The highest BCUT2D eigenvalue weighted by Gasteiger charge is 2.01. The van der Waals surface area contributed by atoms with Gasteiger partial charge in [0.25, 0.3) is 0 Å². The summed E-state index contributed by atoms with van der Waals surface area (Å²) in [5.74, 6) is -0.481. The van der Waals surface area contributed by atoms with E-state index in [4.69, 9.17) is 0 Å². The molecule has 2 heteroatoms. The lowest BCUT2D eigenvalue weighted by Crippen LogP contribution is -1.99. The fraction of sp³-hybridized carbons (Fsp3) is 0.0909. The van der Waals surface area contributed by atoms with Crippen molar-refractivity contribution >= 4 is 12.1 Å². The molecule has 0 saturated heterocycles. The number of ketones is 1. The van der Waals surface area contributed by atoms with Crippen LogP contribution in [0.5, 0.6) is 0 Å². The third-order valence-electron chi connectivity index (χ3n) is 1.73. The Bertz CT molecular complexity index is 322. The zero-order valence-corrected chi connectivity index (χ0v) is 7.19. The fourth-order valence-corrected chi connectivity index (χ4v) is 1.04. The van der Waals surface area contributed by atoms with Crippen LogP contribution in [0, 0.1) is 0 Å². The molecule has 1 aromatic rings. The second-order valence-corrected chi connectivity index (χ2v) is 2.67. The zero-order chi connectivity index (χ0) is 9.68. The van der Waals surface area contributed by atoms with Crippen LogP contribution >= 0.6 is 0 Å². The van der Waals surface area contributed by atoms with Crippen molar-refractivity contribution in [3.8, 4) is 0 Å². The van der Waals surface area contributed by atoms with Crippen molar-refractivity contribution in [3.05, 3.63) is 48.0 Å². The van der Waals surface area contributed by atoms with E-state index in [1.165, 1.54) is 0 Å². The summed E-state index contributed by atoms with van der Waals surface area (Å²) < 4.78 is 0. The van der Waals surface area contributed by atoms with Gasteiger partial charge in [-0.15, -0.1) is 6.58 Å². The molecule has 0 aliphatic carbocycles. The summed E-state index contributed by atoms with van der Waals surface area (Å²) >= 11 is 0. The first-order chi connectivity index (χ1) is 6.27. The van der Waals surface area contributed by atoms with Gasteiger partial charge in [0, 0.05) is 5.56 Å². The van der Waals surface area contributed by atoms with Gasteiger partial charge in [0.2, 0.25) is 5.78 Å². The molecule has 2 nitrogen and oxygen atoms in total. The minimum atomic E-state index is -0.481. The Kier molecular flexibility index (Phi) is 3.15. The third kappa shape index (κ3) is 2.37. The van der Waals surface area contributed by atoms with Gasteiger partial charge in [-0.1, -0.05) is 30.3 Å². The molecule has 0 aliphatic heterocycles. The molecule has 0 spiro atoms. The minimum Gasteiger partial charge on any atom is -0.294 e. The minimum absolute atomic E-state index is 0.322. The first kappa shape index (κ1) is 9.39. The van der Waals surface area contributed by atoms with Crippen LogP contribution in [0.15, 0.2) is 36.9 Å². The van der Waals surface area contributed by atoms with Crippen LogP contribution in [0.3, 0.4) is 0 Å². The van der Waals surface area contributed by atoms with Gasteiger partial charge in [-0.05, 0) is 12.0 Å². The van der Waals surface area contributed by atoms with Crippen molar-refractivity contribution in [2.45, 2.75) is 6.42 Å². The van der Waals surface area contributed by atoms with Crippen molar-refractivity contribution in [1.29, 1.82) is 0 Å². The molecule has 0 saturated carbocycles. The molecule has 0 bridgehead atoms. The molecule has 0 fully saturated rings. The lowest BCUT2D eigenvalue weighted by atomic mass is 10.1. The smallest absolute Gasteiger partial charge is 0.225 e. The fourth-order valence-electron chi connectivity index (χ4n) is 1.04. The monoisotopic (exact) mass is 174 g/mol. The number of hydrogen-bond acceptors (Lipinski definition) is 2. The van der Waals surface area contributed by atoms with E-state index in [9.17, 15) is 9.59 Å². The summed E-state index contributed by atoms with van der Waals surface area (Å²) in [6, 6.07) is 6.93. The zero-order valence-electron chi connectivity index (χ0n) is 7.19. The average Bonchev–Trinajstić information content (AvgIpc) is 2.18. The summed E-state index contributed by atoms with van der Waals surface area (Å²) in [7, 11) is 0. The van der Waals surface area contributed by atoms with Crippen LogP contribution in [-0.4, -0.2) is 12.1 Å². The van der Waals surface area contributed by atoms with Gasteiger partial charge in [-0.25, -0.2) is 0 Å². The molecule has 0 heterocycles. The molecule has 0 amide bonds. The van der Waals surface area contributed by atoms with Gasteiger partial charge in [0.05, 0.1) is 0 Å². The van der Waals surface area contributed by atoms with Gasteiger partial charge in [0.15, 0.2) is 6.29 Å². The van der Waals surface area contributed by atoms with Crippen LogP contribution in [0.2, 0.25) is 0 Å². The largest absolute Gasteiger partial charge is 0.294 e. The highest BCUT2D eigenvalue weighted by atomic mass is 16.2. The average molecular weight is 174 g/mol. The summed E-state index contributed by atoms with van der Waals surface area (Å²) in [4.78, 5) is 21.0. The van der Waals surface area contributed by atoms with Gasteiger partial charge >= 0.3 is 0 Å². The predicted molar refractivity (Wildman–Crippen MR) is 50.7 cm³/mol. The maximum atomic E-state index is 10.9. The van der Waals surface area contributed by atoms with E-state index in [2.05, 4.69) is 6.58 Å². The Morgan fingerprint density at radius 2 is 1.92 bits per heavy atom. The Morgan fingerprint density at radius 1 is 1.31 bits per heavy atom. The molecule has 0 N–H and O–H groups in total. The molecule has 1 rings (SSSR count). The SMILES string of the molecule is C=CCc1ccc(C(=O)C=O)cc1. The number of Topliss-reactive ketones (excluding diaryl/α,β-unsaturated/α-hetero) is 1. The molecule has 66 valence electrons. The molecule has 0 radical (unpaired) electrons. The van der Waals surface area contributed by atoms with Crippen molar-refractivity contribution in [2.75, 3.05) is 0 Å². The summed E-state index contributed by atoms with van der Waals surface area (Å²) in [5.41, 5.74) is 1.51. The molecule has 13 heavy (non-hydrogen) atoms. The van der Waals surface area contributed by atoms with Gasteiger partial charge in [-0.2, -0.15) is 0 Å². The maximum Gasteiger partial charge on any atom is 0.225 e. The van der Waals surface area contributed by atoms with Crippen LogP contribution < -0.4 is 0 Å². The van der Waals surface area contributed by atoms with E-state index in [0.29, 0.717) is 11.8 Å². The second kappa shape index (κ2) is 4.36. The van der Waals surface area contributed by atoms with E-state index >= 15 is 0 Å². The normalized spacial score (nSPS) is 9.23. The lowest BCUT2D eigenvalue weighted by molar-refractivity contribution is -0.104. The number of aldehydes is 1. The van der Waals surface area contributed by atoms with Crippen molar-refractivity contribution in [1.82, 2.24) is 0 Å². The van der Waals surface area contributed by atoms with Crippen LogP contribution in [0.25, 0.3) is 0 Å². The molecular weight excluding hydrogens is 164 g/mol. The molecular formula is C11H10O2. The van der Waals surface area contributed by atoms with Crippen molar-refractivity contribution < 1.29 is 9.59 Å². The quantitative estimate of drug-likeness (QED) is 0.302. The lowest BCUT2D eigenvalue weighted by Gasteiger charge is -1.97. The topological polar surface area (TPSA) is 34.1 Å². The molecule has 1 aromatic carbocycles. The van der Waals surface area contributed by atoms with E-state index in [1.807, 2.05) is 12.1 Å². The van der Waals surface area contributed by atoms with Gasteiger partial charge in [0.1, 0.15) is 0 Å². The van der Waals surface area contributed by atoms with Crippen molar-refractivity contribution in [3.63, 3.8) is 0 Å². The standard InChI is InChI=1S/C11H10O2/c1-2-3-9-4-6-10(7-5-9)11(13)8-12/h2,4-8H,1,3H2. The molecule has 0 aliphatic rings. The number of carbonyl (C=O) groups is 2. The maximum absolute atomic E-state index is 10.9. The first-order valence-electron chi connectivity index (χ1n) is 3.97.